The molecular weight excluding hydrogens is 339 g/mol. The SMILES string of the molecule is CCCOc1ccc(C(=O)NNC(=O)Cc2ccccc2F)cc1OC. The minimum atomic E-state index is -0.529. The average molecular weight is 360 g/mol. The number of rotatable bonds is 7. The summed E-state index contributed by atoms with van der Waals surface area (Å²) in [6.45, 7) is 2.52. The van der Waals surface area contributed by atoms with Crippen LogP contribution in [-0.4, -0.2) is 25.5 Å². The van der Waals surface area contributed by atoms with Gasteiger partial charge in [-0.1, -0.05) is 25.1 Å². The first kappa shape index (κ1) is 19.2. The van der Waals surface area contributed by atoms with E-state index in [1.165, 1.54) is 25.3 Å². The predicted molar refractivity (Wildman–Crippen MR) is 94.5 cm³/mol. The van der Waals surface area contributed by atoms with Crippen LogP contribution >= 0.6 is 0 Å². The first-order valence-electron chi connectivity index (χ1n) is 8.18. The van der Waals surface area contributed by atoms with Gasteiger partial charge in [-0.15, -0.1) is 0 Å². The van der Waals surface area contributed by atoms with Gasteiger partial charge in [-0.25, -0.2) is 4.39 Å². The zero-order valence-corrected chi connectivity index (χ0v) is 14.7. The van der Waals surface area contributed by atoms with Crippen molar-refractivity contribution in [3.63, 3.8) is 0 Å². The molecule has 138 valence electrons. The Kier molecular flexibility index (Phi) is 6.96. The summed E-state index contributed by atoms with van der Waals surface area (Å²) < 4.78 is 24.3. The molecule has 0 aliphatic heterocycles. The summed E-state index contributed by atoms with van der Waals surface area (Å²) in [5.74, 6) is -0.565. The van der Waals surface area contributed by atoms with Crippen molar-refractivity contribution in [3.8, 4) is 11.5 Å². The maximum absolute atomic E-state index is 13.5. The molecule has 0 radical (unpaired) electrons. The molecule has 0 aromatic heterocycles. The molecule has 26 heavy (non-hydrogen) atoms. The van der Waals surface area contributed by atoms with Crippen LogP contribution in [0.2, 0.25) is 0 Å². The Morgan fingerprint density at radius 1 is 1.08 bits per heavy atom. The molecule has 0 aliphatic rings. The third-order valence-corrected chi connectivity index (χ3v) is 3.51. The van der Waals surface area contributed by atoms with Gasteiger partial charge in [0.05, 0.1) is 20.1 Å². The molecular formula is C19H21FN2O4. The highest BCUT2D eigenvalue weighted by Gasteiger charge is 2.13. The molecule has 0 saturated heterocycles. The molecule has 7 heteroatoms. The topological polar surface area (TPSA) is 76.7 Å². The van der Waals surface area contributed by atoms with Crippen LogP contribution in [-0.2, 0) is 11.2 Å². The maximum Gasteiger partial charge on any atom is 0.269 e. The van der Waals surface area contributed by atoms with E-state index in [4.69, 9.17) is 9.47 Å². The molecule has 2 rings (SSSR count). The second kappa shape index (κ2) is 9.41. The van der Waals surface area contributed by atoms with Crippen molar-refractivity contribution in [1.29, 1.82) is 0 Å². The Morgan fingerprint density at radius 2 is 1.85 bits per heavy atom. The lowest BCUT2D eigenvalue weighted by atomic mass is 10.1. The van der Waals surface area contributed by atoms with Crippen LogP contribution in [0, 0.1) is 5.82 Å². The molecule has 0 spiro atoms. The third-order valence-electron chi connectivity index (χ3n) is 3.51. The van der Waals surface area contributed by atoms with E-state index < -0.39 is 17.6 Å². The van der Waals surface area contributed by atoms with Crippen LogP contribution in [0.15, 0.2) is 42.5 Å². The normalized spacial score (nSPS) is 10.1. The predicted octanol–water partition coefficient (Wildman–Crippen LogP) is 2.63. The summed E-state index contributed by atoms with van der Waals surface area (Å²) in [6, 6.07) is 10.7. The quantitative estimate of drug-likeness (QED) is 0.744. The maximum atomic E-state index is 13.5. The molecule has 6 nitrogen and oxygen atoms in total. The Labute approximate surface area is 151 Å². The van der Waals surface area contributed by atoms with Crippen molar-refractivity contribution in [2.75, 3.05) is 13.7 Å². The fraction of sp³-hybridized carbons (Fsp3) is 0.263. The number of halogens is 1. The van der Waals surface area contributed by atoms with E-state index in [2.05, 4.69) is 10.9 Å². The van der Waals surface area contributed by atoms with E-state index in [-0.39, 0.29) is 17.5 Å². The molecule has 0 aliphatic carbocycles. The standard InChI is InChI=1S/C19H21FN2O4/c1-3-10-26-16-9-8-14(11-17(16)25-2)19(24)22-21-18(23)12-13-6-4-5-7-15(13)20/h4-9,11H,3,10,12H2,1-2H3,(H,21,23)(H,22,24). The van der Waals surface area contributed by atoms with Crippen molar-refractivity contribution in [3.05, 3.63) is 59.4 Å². The largest absolute Gasteiger partial charge is 0.493 e. The second-order valence-corrected chi connectivity index (χ2v) is 5.48. The van der Waals surface area contributed by atoms with Crippen LogP contribution in [0.5, 0.6) is 11.5 Å². The Morgan fingerprint density at radius 3 is 2.54 bits per heavy atom. The highest BCUT2D eigenvalue weighted by Crippen LogP contribution is 2.28. The molecule has 0 saturated carbocycles. The average Bonchev–Trinajstić information content (AvgIpc) is 2.66. The van der Waals surface area contributed by atoms with E-state index in [9.17, 15) is 14.0 Å². The van der Waals surface area contributed by atoms with Gasteiger partial charge in [0.2, 0.25) is 5.91 Å². The number of carbonyl (C=O) groups excluding carboxylic acids is 2. The Balaban J connectivity index is 1.94. The summed E-state index contributed by atoms with van der Waals surface area (Å²) in [4.78, 5) is 24.0. The lowest BCUT2D eigenvalue weighted by Gasteiger charge is -2.12. The van der Waals surface area contributed by atoms with Gasteiger partial charge in [0.25, 0.3) is 5.91 Å². The first-order valence-corrected chi connectivity index (χ1v) is 8.18. The smallest absolute Gasteiger partial charge is 0.269 e. The highest BCUT2D eigenvalue weighted by atomic mass is 19.1. The van der Waals surface area contributed by atoms with Gasteiger partial charge in [-0.3, -0.25) is 20.4 Å². The van der Waals surface area contributed by atoms with Crippen molar-refractivity contribution < 1.29 is 23.5 Å². The molecule has 0 atom stereocenters. The van der Waals surface area contributed by atoms with E-state index in [1.54, 1.807) is 24.3 Å². The Hall–Kier alpha value is -3.09. The molecule has 2 aromatic rings. The van der Waals surface area contributed by atoms with Crippen molar-refractivity contribution >= 4 is 11.8 Å². The third kappa shape index (κ3) is 5.20. The van der Waals surface area contributed by atoms with Gasteiger partial charge in [0, 0.05) is 5.56 Å². The number of methoxy groups -OCH3 is 1. The number of amides is 2. The fourth-order valence-electron chi connectivity index (χ4n) is 2.20. The van der Waals surface area contributed by atoms with E-state index in [0.29, 0.717) is 18.1 Å². The first-order chi connectivity index (χ1) is 12.5. The van der Waals surface area contributed by atoms with Crippen molar-refractivity contribution in [2.24, 2.45) is 0 Å². The van der Waals surface area contributed by atoms with E-state index in [0.717, 1.165) is 6.42 Å². The number of hydrogen-bond donors (Lipinski definition) is 2. The van der Waals surface area contributed by atoms with Crippen LogP contribution < -0.4 is 20.3 Å². The number of benzene rings is 2. The number of hydrogen-bond acceptors (Lipinski definition) is 4. The number of nitrogens with one attached hydrogen (secondary N) is 2. The van der Waals surface area contributed by atoms with Crippen molar-refractivity contribution in [2.45, 2.75) is 19.8 Å². The second-order valence-electron chi connectivity index (χ2n) is 5.48. The summed E-state index contributed by atoms with van der Waals surface area (Å²) in [7, 11) is 1.48. The molecule has 2 N–H and O–H groups in total. The van der Waals surface area contributed by atoms with Gasteiger partial charge in [-0.05, 0) is 36.2 Å². The summed E-state index contributed by atoms with van der Waals surface area (Å²) >= 11 is 0. The monoisotopic (exact) mass is 360 g/mol. The molecule has 0 unspecified atom stereocenters. The molecule has 0 bridgehead atoms. The zero-order valence-electron chi connectivity index (χ0n) is 14.7. The summed E-state index contributed by atoms with van der Waals surface area (Å²) in [6.07, 6.45) is 0.666. The number of ether oxygens (including phenoxy) is 2. The molecule has 2 aromatic carbocycles. The van der Waals surface area contributed by atoms with Gasteiger partial charge in [-0.2, -0.15) is 0 Å². The van der Waals surface area contributed by atoms with Gasteiger partial charge < -0.3 is 9.47 Å². The summed E-state index contributed by atoms with van der Waals surface area (Å²) in [5.41, 5.74) is 5.10. The van der Waals surface area contributed by atoms with Crippen molar-refractivity contribution in [1.82, 2.24) is 10.9 Å². The van der Waals surface area contributed by atoms with Gasteiger partial charge in [0.15, 0.2) is 11.5 Å². The van der Waals surface area contributed by atoms with Gasteiger partial charge in [0.1, 0.15) is 5.82 Å². The molecule has 0 fully saturated rings. The van der Waals surface area contributed by atoms with Gasteiger partial charge >= 0.3 is 0 Å². The van der Waals surface area contributed by atoms with Crippen LogP contribution in [0.1, 0.15) is 29.3 Å². The Bertz CT molecular complexity index is 780. The number of hydrazine groups is 1. The number of carbonyl (C=O) groups is 2. The molecule has 2 amide bonds. The van der Waals surface area contributed by atoms with Crippen LogP contribution in [0.4, 0.5) is 4.39 Å². The summed E-state index contributed by atoms with van der Waals surface area (Å²) in [5, 5.41) is 0. The zero-order chi connectivity index (χ0) is 18.9. The van der Waals surface area contributed by atoms with Crippen LogP contribution in [0.25, 0.3) is 0 Å². The van der Waals surface area contributed by atoms with Crippen LogP contribution in [0.3, 0.4) is 0 Å². The molecule has 0 heterocycles. The van der Waals surface area contributed by atoms with E-state index in [1.807, 2.05) is 6.92 Å². The minimum absolute atomic E-state index is 0.180. The van der Waals surface area contributed by atoms with E-state index >= 15 is 0 Å². The fourth-order valence-corrected chi connectivity index (χ4v) is 2.20. The minimum Gasteiger partial charge on any atom is -0.493 e. The lowest BCUT2D eigenvalue weighted by molar-refractivity contribution is -0.121. The lowest BCUT2D eigenvalue weighted by Crippen LogP contribution is -2.42. The highest BCUT2D eigenvalue weighted by molar-refractivity contribution is 5.96.